The number of hydrogen-bond acceptors (Lipinski definition) is 7. The molecule has 2 aromatic rings. The third kappa shape index (κ3) is 7.58. The molecule has 0 saturated heterocycles. The van der Waals surface area contributed by atoms with Gasteiger partial charge in [-0.3, -0.25) is 0 Å². The van der Waals surface area contributed by atoms with E-state index >= 15 is 0 Å². The first kappa shape index (κ1) is 29.2. The highest BCUT2D eigenvalue weighted by atomic mass is 35.5. The van der Waals surface area contributed by atoms with Crippen LogP contribution in [0.4, 0.5) is 4.79 Å². The smallest absolute Gasteiger partial charge is 0.405 e. The van der Waals surface area contributed by atoms with Crippen LogP contribution in [0.3, 0.4) is 0 Å². The van der Waals surface area contributed by atoms with Gasteiger partial charge in [0, 0.05) is 11.3 Å². The Morgan fingerprint density at radius 3 is 2.35 bits per heavy atom. The van der Waals surface area contributed by atoms with Crippen molar-refractivity contribution in [3.63, 3.8) is 0 Å². The fraction of sp³-hybridized carbons (Fsp3) is 0.417. The van der Waals surface area contributed by atoms with Gasteiger partial charge in [0.05, 0.1) is 38.8 Å². The van der Waals surface area contributed by atoms with Crippen molar-refractivity contribution < 1.29 is 31.5 Å². The molecular formula is C24H26Cl2N2O7S2. The van der Waals surface area contributed by atoms with E-state index < -0.39 is 36.6 Å². The number of nitrogens with one attached hydrogen (secondary N) is 1. The topological polar surface area (TPSA) is 151 Å². The fourth-order valence-electron chi connectivity index (χ4n) is 3.98. The number of benzene rings is 2. The van der Waals surface area contributed by atoms with E-state index in [1.54, 1.807) is 30.3 Å². The molecule has 2 saturated carbocycles. The average molecular weight is 590 g/mol. The predicted molar refractivity (Wildman–Crippen MR) is 138 cm³/mol. The van der Waals surface area contributed by atoms with Gasteiger partial charge in [-0.05, 0) is 61.9 Å². The zero-order valence-corrected chi connectivity index (χ0v) is 23.0. The van der Waals surface area contributed by atoms with Crippen LogP contribution < -0.4 is 5.32 Å². The first-order valence-electron chi connectivity index (χ1n) is 11.3. The summed E-state index contributed by atoms with van der Waals surface area (Å²) in [5, 5.41) is 18.6. The van der Waals surface area contributed by atoms with Crippen molar-refractivity contribution in [1.82, 2.24) is 5.32 Å². The molecule has 13 heteroatoms. The van der Waals surface area contributed by atoms with Crippen molar-refractivity contribution in [2.24, 2.45) is 0 Å². The highest BCUT2D eigenvalue weighted by Crippen LogP contribution is 2.35. The Morgan fingerprint density at radius 2 is 1.81 bits per heavy atom. The van der Waals surface area contributed by atoms with Crippen LogP contribution in [0.15, 0.2) is 52.3 Å². The van der Waals surface area contributed by atoms with Crippen molar-refractivity contribution in [3.05, 3.63) is 58.1 Å². The summed E-state index contributed by atoms with van der Waals surface area (Å²) in [5.74, 6) is 0. The Labute approximate surface area is 226 Å². The van der Waals surface area contributed by atoms with Crippen LogP contribution in [-0.2, 0) is 31.0 Å². The zero-order valence-electron chi connectivity index (χ0n) is 19.9. The molecule has 0 heterocycles. The number of carbonyl (C=O) groups is 1. The van der Waals surface area contributed by atoms with Crippen LogP contribution in [-0.4, -0.2) is 51.2 Å². The summed E-state index contributed by atoms with van der Waals surface area (Å²) in [6, 6.07) is 12.9. The van der Waals surface area contributed by atoms with E-state index in [1.165, 1.54) is 12.1 Å². The number of amides is 1. The third-order valence-electron chi connectivity index (χ3n) is 6.13. The molecule has 0 unspecified atom stereocenters. The second kappa shape index (κ2) is 11.6. The average Bonchev–Trinajstić information content (AvgIpc) is 3.41. The predicted octanol–water partition coefficient (Wildman–Crippen LogP) is 4.62. The minimum Gasteiger partial charge on any atom is -0.465 e. The van der Waals surface area contributed by atoms with Crippen LogP contribution >= 0.6 is 23.2 Å². The van der Waals surface area contributed by atoms with Gasteiger partial charge in [0.2, 0.25) is 0 Å². The maximum atomic E-state index is 12.9. The number of nitrogens with zero attached hydrogens (tertiary/aromatic N) is 1. The quantitative estimate of drug-likeness (QED) is 0.475. The first-order chi connectivity index (χ1) is 17.3. The molecule has 0 aromatic heterocycles. The first-order valence-corrected chi connectivity index (χ1v) is 15.5. The molecule has 0 radical (unpaired) electrons. The molecule has 200 valence electrons. The highest BCUT2D eigenvalue weighted by molar-refractivity contribution is 7.92. The monoisotopic (exact) mass is 588 g/mol. The van der Waals surface area contributed by atoms with Crippen molar-refractivity contribution in [2.45, 2.75) is 65.4 Å². The lowest BCUT2D eigenvalue weighted by atomic mass is 10.2. The normalized spacial score (nSPS) is 20.3. The van der Waals surface area contributed by atoms with Crippen LogP contribution in [0, 0.1) is 11.3 Å². The SMILES string of the molecule is CS(=O)(=O)c1cc(Cl)ccc1CO[C@@H]1CC[C@@H](S(=O)(=O)c2ccccc2Cl)C1.N#CC1(NC(=O)O)CC1. The van der Waals surface area contributed by atoms with Gasteiger partial charge in [0.25, 0.3) is 0 Å². The van der Waals surface area contributed by atoms with E-state index in [0.29, 0.717) is 42.7 Å². The van der Waals surface area contributed by atoms with Crippen molar-refractivity contribution in [3.8, 4) is 6.07 Å². The maximum Gasteiger partial charge on any atom is 0.405 e. The number of carboxylic acid groups (broad SMARTS) is 1. The number of nitriles is 1. The van der Waals surface area contributed by atoms with Crippen molar-refractivity contribution >= 4 is 49.0 Å². The van der Waals surface area contributed by atoms with Gasteiger partial charge in [0.1, 0.15) is 5.54 Å². The molecule has 2 aromatic carbocycles. The molecule has 0 bridgehead atoms. The van der Waals surface area contributed by atoms with Crippen LogP contribution in [0.2, 0.25) is 10.0 Å². The Balaban J connectivity index is 0.000000356. The summed E-state index contributed by atoms with van der Waals surface area (Å²) in [4.78, 5) is 10.2. The van der Waals surface area contributed by atoms with E-state index in [-0.39, 0.29) is 27.5 Å². The van der Waals surface area contributed by atoms with Gasteiger partial charge in [-0.2, -0.15) is 5.26 Å². The maximum absolute atomic E-state index is 12.9. The van der Waals surface area contributed by atoms with Crippen molar-refractivity contribution in [1.29, 1.82) is 5.26 Å². The van der Waals surface area contributed by atoms with E-state index in [4.69, 9.17) is 38.3 Å². The lowest BCUT2D eigenvalue weighted by molar-refractivity contribution is 0.0446. The number of rotatable bonds is 7. The number of hydrogen-bond donors (Lipinski definition) is 2. The van der Waals surface area contributed by atoms with Crippen LogP contribution in [0.1, 0.15) is 37.7 Å². The lowest BCUT2D eigenvalue weighted by Gasteiger charge is -2.15. The second-order valence-electron chi connectivity index (χ2n) is 8.99. The van der Waals surface area contributed by atoms with Gasteiger partial charge in [-0.15, -0.1) is 0 Å². The second-order valence-corrected chi connectivity index (χ2v) is 14.0. The molecule has 1 amide bonds. The van der Waals surface area contributed by atoms with E-state index in [0.717, 1.165) is 6.26 Å². The van der Waals surface area contributed by atoms with Crippen LogP contribution in [0.25, 0.3) is 0 Å². The highest BCUT2D eigenvalue weighted by Gasteiger charge is 2.44. The molecule has 4 rings (SSSR count). The zero-order chi connectivity index (χ0) is 27.4. The van der Waals surface area contributed by atoms with Gasteiger partial charge in [-0.25, -0.2) is 21.6 Å². The molecule has 2 aliphatic rings. The molecule has 37 heavy (non-hydrogen) atoms. The summed E-state index contributed by atoms with van der Waals surface area (Å²) in [6.45, 7) is 0.0725. The minimum absolute atomic E-state index is 0.0725. The van der Waals surface area contributed by atoms with Gasteiger partial charge in [0.15, 0.2) is 19.7 Å². The van der Waals surface area contributed by atoms with Crippen molar-refractivity contribution in [2.75, 3.05) is 6.26 Å². The van der Waals surface area contributed by atoms with E-state index in [9.17, 15) is 21.6 Å². The molecule has 2 atom stereocenters. The standard InChI is InChI=1S/C19H20Cl2O5S2.C5H6N2O2/c1-27(22,23)19-10-14(20)7-6-13(19)12-26-15-8-9-16(11-15)28(24,25)18-5-3-2-4-17(18)21;6-3-5(1-2-5)7-4(8)9/h2-7,10,15-16H,8-9,11-12H2,1H3;7H,1-2H2,(H,8,9)/t15-,16-;/m1./s1. The fourth-order valence-corrected chi connectivity index (χ4v) is 7.50. The summed E-state index contributed by atoms with van der Waals surface area (Å²) in [5.41, 5.74) is -0.226. The Kier molecular flexibility index (Phi) is 9.14. The Morgan fingerprint density at radius 1 is 1.14 bits per heavy atom. The molecule has 9 nitrogen and oxygen atoms in total. The van der Waals surface area contributed by atoms with E-state index in [1.807, 2.05) is 6.07 Å². The third-order valence-corrected chi connectivity index (χ3v) is 10.3. The largest absolute Gasteiger partial charge is 0.465 e. The molecular weight excluding hydrogens is 563 g/mol. The number of sulfone groups is 2. The van der Waals surface area contributed by atoms with Gasteiger partial charge in [-0.1, -0.05) is 41.4 Å². The minimum atomic E-state index is -3.55. The lowest BCUT2D eigenvalue weighted by Crippen LogP contribution is -2.33. The summed E-state index contributed by atoms with van der Waals surface area (Å²) < 4.78 is 55.5. The molecule has 0 aliphatic heterocycles. The molecule has 2 N–H and O–H groups in total. The van der Waals surface area contributed by atoms with Gasteiger partial charge < -0.3 is 15.2 Å². The summed E-state index contributed by atoms with van der Waals surface area (Å²) in [7, 11) is -7.00. The molecule has 2 fully saturated rings. The summed E-state index contributed by atoms with van der Waals surface area (Å²) >= 11 is 12.0. The van der Waals surface area contributed by atoms with Gasteiger partial charge >= 0.3 is 6.09 Å². The Bertz CT molecular complexity index is 1420. The summed E-state index contributed by atoms with van der Waals surface area (Å²) in [6.07, 6.45) is 2.41. The Hall–Kier alpha value is -2.36. The van der Waals surface area contributed by atoms with E-state index in [2.05, 4.69) is 5.32 Å². The number of halogens is 2. The van der Waals surface area contributed by atoms with Crippen LogP contribution in [0.5, 0.6) is 0 Å². The molecule has 0 spiro atoms. The number of ether oxygens (including phenoxy) is 1. The molecule has 2 aliphatic carbocycles.